The third-order valence-corrected chi connectivity index (χ3v) is 13.3. The van der Waals surface area contributed by atoms with E-state index < -0.39 is 23.3 Å². The Bertz CT molecular complexity index is 2990. The van der Waals surface area contributed by atoms with E-state index in [0.717, 1.165) is 85.5 Å². The number of halogens is 3. The monoisotopic (exact) mass is 941 g/mol. The first-order valence-electron chi connectivity index (χ1n) is 24.1. The van der Waals surface area contributed by atoms with Gasteiger partial charge in [0.1, 0.15) is 28.4 Å². The van der Waals surface area contributed by atoms with Crippen molar-refractivity contribution >= 4 is 39.3 Å². The first-order chi connectivity index (χ1) is 33.1. The minimum atomic E-state index is -1.57. The number of hydrogen-bond donors (Lipinski definition) is 2. The molecule has 0 amide bonds. The molecule has 4 aromatic heterocycles. The smallest absolute Gasteiger partial charge is 0.278 e. The standard InChI is InChI=1S/C54H63F3N10O2/c1-8-23-66-51(68)41-33-58-52(62-50(41)67(66)46-18-14-17-45(61-46)53(3,4)5)59-36-19-21-37(22-20-36)64-27-25-63(26-28-64)24-12-9-13-29-69-38-31-42(55)47(43(56)32-38)49-48-40(39-15-10-11-16-44(39)60-48)30-35(2)65(49)34-54(6,7)57/h8,10-11,14-22,31-33,35,49,60H,1,9,12-13,23-30,34H2,2-7H3,(H,58,59,62)/t35-,49-/m1/s1. The predicted molar refractivity (Wildman–Crippen MR) is 269 cm³/mol. The molecule has 0 bridgehead atoms. The number of anilines is 3. The highest BCUT2D eigenvalue weighted by molar-refractivity contribution is 5.85. The molecule has 0 radical (unpaired) electrons. The van der Waals surface area contributed by atoms with E-state index in [9.17, 15) is 4.79 Å². The second-order valence-corrected chi connectivity index (χ2v) is 20.2. The van der Waals surface area contributed by atoms with Gasteiger partial charge >= 0.3 is 0 Å². The summed E-state index contributed by atoms with van der Waals surface area (Å²) >= 11 is 0. The van der Waals surface area contributed by atoms with Crippen molar-refractivity contribution in [3.8, 4) is 11.6 Å². The Labute approximate surface area is 401 Å². The fourth-order valence-electron chi connectivity index (χ4n) is 9.89. The molecular formula is C54H63F3N10O2. The number of nitrogens with zero attached hydrogens (tertiary/aromatic N) is 8. The summed E-state index contributed by atoms with van der Waals surface area (Å²) in [5.41, 5.74) is 3.87. The van der Waals surface area contributed by atoms with E-state index in [4.69, 9.17) is 14.7 Å². The average molecular weight is 941 g/mol. The van der Waals surface area contributed by atoms with E-state index in [2.05, 4.69) is 64.6 Å². The van der Waals surface area contributed by atoms with E-state index in [1.54, 1.807) is 21.6 Å². The summed E-state index contributed by atoms with van der Waals surface area (Å²) in [5, 5.41) is 4.74. The lowest BCUT2D eigenvalue weighted by atomic mass is 9.87. The summed E-state index contributed by atoms with van der Waals surface area (Å²) in [4.78, 5) is 37.9. The zero-order valence-corrected chi connectivity index (χ0v) is 40.5. The van der Waals surface area contributed by atoms with Crippen LogP contribution < -0.4 is 20.5 Å². The highest BCUT2D eigenvalue weighted by Gasteiger charge is 2.41. The fourth-order valence-corrected chi connectivity index (χ4v) is 9.89. The third-order valence-electron chi connectivity index (χ3n) is 13.3. The van der Waals surface area contributed by atoms with E-state index in [1.165, 1.54) is 26.0 Å². The molecule has 0 aliphatic carbocycles. The van der Waals surface area contributed by atoms with E-state index in [-0.39, 0.29) is 41.4 Å². The topological polar surface area (TPSA) is 112 Å². The first kappa shape index (κ1) is 47.6. The summed E-state index contributed by atoms with van der Waals surface area (Å²) in [6, 6.07) is 23.5. The summed E-state index contributed by atoms with van der Waals surface area (Å²) < 4.78 is 56.7. The second kappa shape index (κ2) is 19.5. The number of rotatable bonds is 16. The lowest BCUT2D eigenvalue weighted by molar-refractivity contribution is 0.0642. The average Bonchev–Trinajstić information content (AvgIpc) is 3.81. The van der Waals surface area contributed by atoms with Gasteiger partial charge in [0.15, 0.2) is 11.5 Å². The Morgan fingerprint density at radius 3 is 2.35 bits per heavy atom. The first-order valence-corrected chi connectivity index (χ1v) is 24.1. The molecule has 9 rings (SSSR count). The fraction of sp³-hybridized carbons (Fsp3) is 0.407. The Balaban J connectivity index is 0.758. The number of allylic oxidation sites excluding steroid dienone is 1. The Hall–Kier alpha value is -6.45. The van der Waals surface area contributed by atoms with Crippen molar-refractivity contribution in [2.45, 2.75) is 96.9 Å². The predicted octanol–water partition coefficient (Wildman–Crippen LogP) is 10.4. The van der Waals surface area contributed by atoms with Crippen LogP contribution in [0.25, 0.3) is 27.8 Å². The van der Waals surface area contributed by atoms with Gasteiger partial charge in [0, 0.05) is 102 Å². The van der Waals surface area contributed by atoms with Crippen LogP contribution in [-0.2, 0) is 18.4 Å². The number of aromatic nitrogens is 6. The molecule has 2 atom stereocenters. The number of benzene rings is 3. The minimum Gasteiger partial charge on any atom is -0.493 e. The maximum Gasteiger partial charge on any atom is 0.278 e. The molecular weight excluding hydrogens is 878 g/mol. The van der Waals surface area contributed by atoms with Crippen LogP contribution in [0.15, 0.2) is 103 Å². The van der Waals surface area contributed by atoms with Gasteiger partial charge in [-0.15, -0.1) is 6.58 Å². The highest BCUT2D eigenvalue weighted by Crippen LogP contribution is 2.44. The molecule has 0 spiro atoms. The largest absolute Gasteiger partial charge is 0.493 e. The molecule has 12 nitrogen and oxygen atoms in total. The summed E-state index contributed by atoms with van der Waals surface area (Å²) in [7, 11) is 0. The van der Waals surface area contributed by atoms with Crippen LogP contribution in [-0.4, -0.2) is 96.7 Å². The van der Waals surface area contributed by atoms with Gasteiger partial charge in [-0.25, -0.2) is 32.5 Å². The number of H-pyrrole nitrogens is 1. The minimum absolute atomic E-state index is 0.0246. The number of para-hydroxylation sites is 1. The lowest BCUT2D eigenvalue weighted by Gasteiger charge is -2.43. The van der Waals surface area contributed by atoms with Gasteiger partial charge < -0.3 is 19.9 Å². The van der Waals surface area contributed by atoms with Crippen molar-refractivity contribution in [3.63, 3.8) is 0 Å². The van der Waals surface area contributed by atoms with E-state index in [1.807, 2.05) is 66.4 Å². The molecule has 7 aromatic rings. The molecule has 1 saturated heterocycles. The Morgan fingerprint density at radius 2 is 1.64 bits per heavy atom. The molecule has 362 valence electrons. The quantitative estimate of drug-likeness (QED) is 0.0722. The van der Waals surface area contributed by atoms with Crippen molar-refractivity contribution in [2.24, 2.45) is 0 Å². The van der Waals surface area contributed by atoms with Gasteiger partial charge in [0.2, 0.25) is 5.95 Å². The van der Waals surface area contributed by atoms with Gasteiger partial charge in [0.25, 0.3) is 5.56 Å². The van der Waals surface area contributed by atoms with Crippen LogP contribution in [0.5, 0.6) is 5.75 Å². The Kier molecular flexibility index (Phi) is 13.5. The molecule has 0 saturated carbocycles. The maximum absolute atomic E-state index is 16.1. The molecule has 2 aliphatic rings. The number of piperazine rings is 1. The van der Waals surface area contributed by atoms with Crippen LogP contribution in [0.4, 0.5) is 30.5 Å². The molecule has 1 fully saturated rings. The highest BCUT2D eigenvalue weighted by atomic mass is 19.1. The van der Waals surface area contributed by atoms with Gasteiger partial charge in [-0.05, 0) is 101 Å². The molecule has 2 aliphatic heterocycles. The zero-order valence-electron chi connectivity index (χ0n) is 40.5. The van der Waals surface area contributed by atoms with Crippen LogP contribution >= 0.6 is 0 Å². The normalized spacial score (nSPS) is 17.1. The molecule has 0 unspecified atom stereocenters. The number of alkyl halides is 1. The number of pyridine rings is 1. The second-order valence-electron chi connectivity index (χ2n) is 20.2. The van der Waals surface area contributed by atoms with Gasteiger partial charge in [0.05, 0.1) is 19.2 Å². The van der Waals surface area contributed by atoms with Crippen molar-refractivity contribution in [2.75, 3.05) is 56.1 Å². The molecule has 6 heterocycles. The van der Waals surface area contributed by atoms with Crippen LogP contribution in [0.2, 0.25) is 0 Å². The summed E-state index contributed by atoms with van der Waals surface area (Å²) in [5.74, 6) is -0.291. The molecule has 3 aromatic carbocycles. The SMILES string of the molecule is C=CCn1c(=O)c2cnc(Nc3ccc(N4CCN(CCCCCOc5cc(F)c([C@@H]6c7[nH]c8ccccc8c7C[C@@H](C)N6CC(C)(C)F)c(F)c5)CC4)cc3)nc2n1-c1cccc(C(C)(C)C)n1. The van der Waals surface area contributed by atoms with Gasteiger partial charge in [-0.2, -0.15) is 4.98 Å². The number of unbranched alkanes of at least 4 members (excludes halogenated alkanes) is 2. The van der Waals surface area contributed by atoms with Gasteiger partial charge in [-0.3, -0.25) is 14.6 Å². The van der Waals surface area contributed by atoms with E-state index >= 15 is 13.2 Å². The number of aromatic amines is 1. The Morgan fingerprint density at radius 1 is 0.899 bits per heavy atom. The van der Waals surface area contributed by atoms with Crippen molar-refractivity contribution in [1.29, 1.82) is 0 Å². The lowest BCUT2D eigenvalue weighted by Crippen LogP contribution is -2.48. The molecule has 2 N–H and O–H groups in total. The van der Waals surface area contributed by atoms with Gasteiger partial charge in [-0.1, -0.05) is 51.1 Å². The van der Waals surface area contributed by atoms with Crippen LogP contribution in [0.3, 0.4) is 0 Å². The maximum atomic E-state index is 16.1. The van der Waals surface area contributed by atoms with Crippen LogP contribution in [0.1, 0.15) is 89.4 Å². The third kappa shape index (κ3) is 10.2. The van der Waals surface area contributed by atoms with Crippen LogP contribution in [0, 0.1) is 11.6 Å². The van der Waals surface area contributed by atoms with Crippen molar-refractivity contribution in [3.05, 3.63) is 142 Å². The number of nitrogens with one attached hydrogen (secondary N) is 2. The number of fused-ring (bicyclic) bond motifs is 4. The molecule has 15 heteroatoms. The van der Waals surface area contributed by atoms with Crippen molar-refractivity contribution in [1.82, 2.24) is 39.1 Å². The number of hydrogen-bond acceptors (Lipinski definition) is 9. The summed E-state index contributed by atoms with van der Waals surface area (Å²) in [6.45, 7) is 20.5. The van der Waals surface area contributed by atoms with Crippen molar-refractivity contribution < 1.29 is 17.9 Å². The van der Waals surface area contributed by atoms with E-state index in [0.29, 0.717) is 41.5 Å². The zero-order chi connectivity index (χ0) is 48.6. The summed E-state index contributed by atoms with van der Waals surface area (Å²) in [6.07, 6.45) is 6.55. The molecule has 69 heavy (non-hydrogen) atoms. The number of ether oxygens (including phenoxy) is 1.